The molecule has 1 N–H and O–H groups in total. The van der Waals surface area contributed by atoms with Crippen molar-refractivity contribution in [3.05, 3.63) is 47.9 Å². The third-order valence-electron chi connectivity index (χ3n) is 2.28. The Kier molecular flexibility index (Phi) is 2.35. The van der Waals surface area contributed by atoms with Crippen molar-refractivity contribution in [3.63, 3.8) is 0 Å². The monoisotopic (exact) mass is 189 g/mol. The van der Waals surface area contributed by atoms with E-state index in [1.807, 2.05) is 6.07 Å². The molecule has 0 bridgehead atoms. The van der Waals surface area contributed by atoms with Crippen molar-refractivity contribution in [2.75, 3.05) is 0 Å². The number of aromatic nitrogens is 1. The predicted molar refractivity (Wildman–Crippen MR) is 55.6 cm³/mol. The van der Waals surface area contributed by atoms with Crippen LogP contribution in [-0.2, 0) is 6.42 Å². The molecule has 2 rings (SSSR count). The summed E-state index contributed by atoms with van der Waals surface area (Å²) < 4.78 is 12.7. The molecule has 0 fully saturated rings. The van der Waals surface area contributed by atoms with Gasteiger partial charge in [-0.15, -0.1) is 0 Å². The molecule has 0 atom stereocenters. The van der Waals surface area contributed by atoms with Gasteiger partial charge in [0, 0.05) is 11.4 Å². The van der Waals surface area contributed by atoms with E-state index in [9.17, 15) is 4.39 Å². The quantitative estimate of drug-likeness (QED) is 0.745. The fourth-order valence-corrected chi connectivity index (χ4v) is 1.44. The largest absolute Gasteiger partial charge is 0.358 e. The Morgan fingerprint density at radius 1 is 1.07 bits per heavy atom. The van der Waals surface area contributed by atoms with Gasteiger partial charge < -0.3 is 4.98 Å². The summed E-state index contributed by atoms with van der Waals surface area (Å²) in [5.74, 6) is -0.198. The summed E-state index contributed by atoms with van der Waals surface area (Å²) in [4.78, 5) is 3.28. The summed E-state index contributed by atoms with van der Waals surface area (Å²) in [5, 5.41) is 0. The van der Waals surface area contributed by atoms with E-state index in [1.165, 1.54) is 17.8 Å². The van der Waals surface area contributed by atoms with Crippen LogP contribution in [-0.4, -0.2) is 4.98 Å². The second kappa shape index (κ2) is 3.66. The summed E-state index contributed by atoms with van der Waals surface area (Å²) in [6, 6.07) is 10.6. The van der Waals surface area contributed by atoms with Gasteiger partial charge in [-0.3, -0.25) is 0 Å². The number of nitrogens with one attached hydrogen (secondary N) is 1. The Bertz CT molecular complexity index is 414. The molecule has 1 aromatic carbocycles. The number of aryl methyl sites for hydroxylation is 1. The van der Waals surface area contributed by atoms with E-state index in [0.29, 0.717) is 0 Å². The van der Waals surface area contributed by atoms with Crippen molar-refractivity contribution >= 4 is 0 Å². The van der Waals surface area contributed by atoms with Gasteiger partial charge in [-0.2, -0.15) is 0 Å². The lowest BCUT2D eigenvalue weighted by atomic mass is 10.1. The van der Waals surface area contributed by atoms with Gasteiger partial charge in [-0.05, 0) is 48.4 Å². The molecule has 14 heavy (non-hydrogen) atoms. The van der Waals surface area contributed by atoms with Crippen LogP contribution in [0.1, 0.15) is 12.6 Å². The van der Waals surface area contributed by atoms with Crippen molar-refractivity contribution in [2.45, 2.75) is 13.3 Å². The number of rotatable bonds is 2. The third-order valence-corrected chi connectivity index (χ3v) is 2.28. The van der Waals surface area contributed by atoms with E-state index in [-0.39, 0.29) is 5.82 Å². The maximum atomic E-state index is 12.7. The van der Waals surface area contributed by atoms with Crippen molar-refractivity contribution < 1.29 is 4.39 Å². The average Bonchev–Trinajstić information content (AvgIpc) is 2.67. The third kappa shape index (κ3) is 1.69. The molecule has 1 nitrogen and oxygen atoms in total. The first-order valence-electron chi connectivity index (χ1n) is 4.73. The summed E-state index contributed by atoms with van der Waals surface area (Å²) in [5.41, 5.74) is 3.26. The van der Waals surface area contributed by atoms with E-state index >= 15 is 0 Å². The zero-order chi connectivity index (χ0) is 9.97. The number of aromatic amines is 1. The van der Waals surface area contributed by atoms with E-state index in [1.54, 1.807) is 12.1 Å². The smallest absolute Gasteiger partial charge is 0.123 e. The van der Waals surface area contributed by atoms with E-state index in [0.717, 1.165) is 17.7 Å². The molecule has 0 amide bonds. The molecule has 0 radical (unpaired) electrons. The number of benzene rings is 1. The van der Waals surface area contributed by atoms with Gasteiger partial charge in [0.1, 0.15) is 5.82 Å². The first kappa shape index (κ1) is 9.00. The molecule has 0 unspecified atom stereocenters. The van der Waals surface area contributed by atoms with Gasteiger partial charge in [-0.25, -0.2) is 4.39 Å². The molecule has 1 heterocycles. The lowest BCUT2D eigenvalue weighted by Crippen LogP contribution is -1.81. The second-order valence-electron chi connectivity index (χ2n) is 3.26. The molecule has 0 saturated carbocycles. The number of H-pyrrole nitrogens is 1. The van der Waals surface area contributed by atoms with Crippen molar-refractivity contribution in [1.29, 1.82) is 0 Å². The lowest BCUT2D eigenvalue weighted by molar-refractivity contribution is 0.628. The van der Waals surface area contributed by atoms with Gasteiger partial charge in [0.05, 0.1) is 0 Å². The van der Waals surface area contributed by atoms with Crippen LogP contribution in [0.5, 0.6) is 0 Å². The highest BCUT2D eigenvalue weighted by atomic mass is 19.1. The molecular weight excluding hydrogens is 177 g/mol. The van der Waals surface area contributed by atoms with Gasteiger partial charge in [0.25, 0.3) is 0 Å². The second-order valence-corrected chi connectivity index (χ2v) is 3.26. The SMILES string of the molecule is CCc1ccc(-c2ccc(F)cc2)[nH]1. The van der Waals surface area contributed by atoms with Crippen LogP contribution in [0.3, 0.4) is 0 Å². The first-order valence-corrected chi connectivity index (χ1v) is 4.73. The Hall–Kier alpha value is -1.57. The molecule has 2 heteroatoms. The van der Waals surface area contributed by atoms with Crippen LogP contribution in [0.4, 0.5) is 4.39 Å². The predicted octanol–water partition coefficient (Wildman–Crippen LogP) is 3.38. The highest BCUT2D eigenvalue weighted by Crippen LogP contribution is 2.18. The van der Waals surface area contributed by atoms with Crippen molar-refractivity contribution in [2.24, 2.45) is 0 Å². The minimum absolute atomic E-state index is 0.198. The van der Waals surface area contributed by atoms with E-state index < -0.39 is 0 Å². The minimum Gasteiger partial charge on any atom is -0.358 e. The van der Waals surface area contributed by atoms with Gasteiger partial charge in [0.15, 0.2) is 0 Å². The summed E-state index contributed by atoms with van der Waals surface area (Å²) in [6.45, 7) is 2.10. The van der Waals surface area contributed by atoms with Gasteiger partial charge in [-0.1, -0.05) is 6.92 Å². The molecule has 72 valence electrons. The summed E-state index contributed by atoms with van der Waals surface area (Å²) in [6.07, 6.45) is 0.987. The Balaban J connectivity index is 2.34. The number of hydrogen-bond donors (Lipinski definition) is 1. The van der Waals surface area contributed by atoms with Crippen LogP contribution in [0.2, 0.25) is 0 Å². The van der Waals surface area contributed by atoms with Crippen molar-refractivity contribution in [3.8, 4) is 11.3 Å². The van der Waals surface area contributed by atoms with Gasteiger partial charge >= 0.3 is 0 Å². The van der Waals surface area contributed by atoms with E-state index in [4.69, 9.17) is 0 Å². The molecule has 0 aliphatic heterocycles. The highest BCUT2D eigenvalue weighted by molar-refractivity contribution is 5.59. The minimum atomic E-state index is -0.198. The zero-order valence-electron chi connectivity index (χ0n) is 8.05. The van der Waals surface area contributed by atoms with Gasteiger partial charge in [0.2, 0.25) is 0 Å². The number of halogens is 1. The summed E-state index contributed by atoms with van der Waals surface area (Å²) >= 11 is 0. The van der Waals surface area contributed by atoms with Crippen LogP contribution in [0.25, 0.3) is 11.3 Å². The topological polar surface area (TPSA) is 15.8 Å². The lowest BCUT2D eigenvalue weighted by Gasteiger charge is -1.97. The Morgan fingerprint density at radius 2 is 1.79 bits per heavy atom. The maximum Gasteiger partial charge on any atom is 0.123 e. The first-order chi connectivity index (χ1) is 6.79. The molecule has 2 aromatic rings. The van der Waals surface area contributed by atoms with E-state index in [2.05, 4.69) is 18.0 Å². The molecular formula is C12H12FN. The normalized spacial score (nSPS) is 10.4. The Morgan fingerprint density at radius 3 is 2.36 bits per heavy atom. The molecule has 0 aliphatic rings. The number of hydrogen-bond acceptors (Lipinski definition) is 0. The fourth-order valence-electron chi connectivity index (χ4n) is 1.44. The molecule has 0 aliphatic carbocycles. The zero-order valence-corrected chi connectivity index (χ0v) is 8.05. The average molecular weight is 189 g/mol. The van der Waals surface area contributed by atoms with Crippen LogP contribution >= 0.6 is 0 Å². The standard InChI is InChI=1S/C12H12FN/c1-2-11-7-8-12(14-11)9-3-5-10(13)6-4-9/h3-8,14H,2H2,1H3. The van der Waals surface area contributed by atoms with Crippen LogP contribution < -0.4 is 0 Å². The Labute approximate surface area is 82.6 Å². The molecule has 1 aromatic heterocycles. The molecule has 0 spiro atoms. The van der Waals surface area contributed by atoms with Crippen molar-refractivity contribution in [1.82, 2.24) is 4.98 Å². The maximum absolute atomic E-state index is 12.7. The summed E-state index contributed by atoms with van der Waals surface area (Å²) in [7, 11) is 0. The highest BCUT2D eigenvalue weighted by Gasteiger charge is 2.00. The molecule has 0 saturated heterocycles. The fraction of sp³-hybridized carbons (Fsp3) is 0.167. The van der Waals surface area contributed by atoms with Crippen LogP contribution in [0.15, 0.2) is 36.4 Å². The van der Waals surface area contributed by atoms with Crippen LogP contribution in [0, 0.1) is 5.82 Å².